The van der Waals surface area contributed by atoms with E-state index in [1.54, 1.807) is 24.4 Å². The van der Waals surface area contributed by atoms with E-state index in [1.807, 2.05) is 6.07 Å². The third-order valence-electron chi connectivity index (χ3n) is 3.73. The van der Waals surface area contributed by atoms with Crippen molar-refractivity contribution in [3.05, 3.63) is 36.2 Å². The summed E-state index contributed by atoms with van der Waals surface area (Å²) in [4.78, 5) is 33.6. The van der Waals surface area contributed by atoms with Crippen LogP contribution in [0.2, 0.25) is 0 Å². The van der Waals surface area contributed by atoms with Crippen LogP contribution in [0, 0.1) is 0 Å². The van der Waals surface area contributed by atoms with Gasteiger partial charge in [0.15, 0.2) is 5.65 Å². The summed E-state index contributed by atoms with van der Waals surface area (Å²) in [5.74, 6) is -1.29. The molecule has 0 aromatic carbocycles. The number of rotatable bonds is 2. The van der Waals surface area contributed by atoms with Crippen LogP contribution in [0.25, 0.3) is 11.0 Å². The van der Waals surface area contributed by atoms with Crippen LogP contribution in [0.4, 0.5) is 0 Å². The van der Waals surface area contributed by atoms with E-state index in [4.69, 9.17) is 0 Å². The summed E-state index contributed by atoms with van der Waals surface area (Å²) in [5.41, 5.74) is 0.738. The number of hydrogen-bond acceptors (Lipinski definition) is 4. The molecule has 6 heteroatoms. The second-order valence-corrected chi connectivity index (χ2v) is 5.09. The van der Waals surface area contributed by atoms with Crippen molar-refractivity contribution in [1.29, 1.82) is 0 Å². The Hall–Kier alpha value is -2.50. The van der Waals surface area contributed by atoms with Crippen LogP contribution in [0.5, 0.6) is 0 Å². The van der Waals surface area contributed by atoms with Gasteiger partial charge in [-0.3, -0.25) is 4.79 Å². The number of likely N-dealkylation sites (tertiary alicyclic amines) is 1. The molecule has 0 spiro atoms. The number of carbonyl (C=O) groups excluding carboxylic acids is 1. The summed E-state index contributed by atoms with van der Waals surface area (Å²) in [7, 11) is 0. The first-order valence-electron chi connectivity index (χ1n) is 6.92. The smallest absolute Gasteiger partial charge is 0.326 e. The summed E-state index contributed by atoms with van der Waals surface area (Å²) in [6.07, 6.45) is 3.76. The SMILES string of the molecule is O=C(O)C1CCCCN1C(=O)c1ccc2cccnc2n1. The number of pyridine rings is 2. The molecule has 1 fully saturated rings. The Kier molecular flexibility index (Phi) is 3.51. The number of carboxylic acids is 1. The summed E-state index contributed by atoms with van der Waals surface area (Å²) >= 11 is 0. The number of amides is 1. The fourth-order valence-corrected chi connectivity index (χ4v) is 2.65. The topological polar surface area (TPSA) is 83.4 Å². The van der Waals surface area contributed by atoms with E-state index in [-0.39, 0.29) is 11.6 Å². The summed E-state index contributed by atoms with van der Waals surface area (Å²) in [6, 6.07) is 6.32. The lowest BCUT2D eigenvalue weighted by molar-refractivity contribution is -0.143. The normalized spacial score (nSPS) is 18.7. The van der Waals surface area contributed by atoms with E-state index in [2.05, 4.69) is 9.97 Å². The van der Waals surface area contributed by atoms with Crippen LogP contribution in [0.3, 0.4) is 0 Å². The van der Waals surface area contributed by atoms with Crippen LogP contribution in [0.15, 0.2) is 30.5 Å². The molecule has 0 aliphatic carbocycles. The highest BCUT2D eigenvalue weighted by atomic mass is 16.4. The van der Waals surface area contributed by atoms with Crippen molar-refractivity contribution in [2.24, 2.45) is 0 Å². The monoisotopic (exact) mass is 285 g/mol. The second-order valence-electron chi connectivity index (χ2n) is 5.09. The molecule has 1 atom stereocenters. The van der Waals surface area contributed by atoms with Gasteiger partial charge in [-0.05, 0) is 43.5 Å². The molecule has 1 aliphatic rings. The van der Waals surface area contributed by atoms with Crippen molar-refractivity contribution < 1.29 is 14.7 Å². The molecule has 1 N–H and O–H groups in total. The number of piperidine rings is 1. The van der Waals surface area contributed by atoms with Crippen molar-refractivity contribution in [2.45, 2.75) is 25.3 Å². The van der Waals surface area contributed by atoms with Gasteiger partial charge in [0.2, 0.25) is 0 Å². The molecular formula is C15H15N3O3. The number of carboxylic acid groups (broad SMARTS) is 1. The van der Waals surface area contributed by atoms with Crippen molar-refractivity contribution in [3.8, 4) is 0 Å². The van der Waals surface area contributed by atoms with Gasteiger partial charge in [-0.15, -0.1) is 0 Å². The number of aliphatic carboxylic acids is 1. The molecular weight excluding hydrogens is 270 g/mol. The van der Waals surface area contributed by atoms with Gasteiger partial charge in [0, 0.05) is 18.1 Å². The summed E-state index contributed by atoms with van der Waals surface area (Å²) in [6.45, 7) is 0.456. The first kappa shape index (κ1) is 13.5. The van der Waals surface area contributed by atoms with Crippen LogP contribution < -0.4 is 0 Å². The highest BCUT2D eigenvalue weighted by Crippen LogP contribution is 2.20. The maximum Gasteiger partial charge on any atom is 0.326 e. The summed E-state index contributed by atoms with van der Waals surface area (Å²) in [5, 5.41) is 10.1. The first-order valence-corrected chi connectivity index (χ1v) is 6.92. The summed E-state index contributed by atoms with van der Waals surface area (Å²) < 4.78 is 0. The third-order valence-corrected chi connectivity index (χ3v) is 3.73. The Bertz CT molecular complexity index is 701. The van der Waals surface area contributed by atoms with E-state index in [9.17, 15) is 14.7 Å². The molecule has 6 nitrogen and oxygen atoms in total. The van der Waals surface area contributed by atoms with Crippen LogP contribution >= 0.6 is 0 Å². The Morgan fingerprint density at radius 1 is 1.24 bits per heavy atom. The van der Waals surface area contributed by atoms with Gasteiger partial charge < -0.3 is 10.0 Å². The molecule has 1 saturated heterocycles. The second kappa shape index (κ2) is 5.47. The minimum Gasteiger partial charge on any atom is -0.480 e. The zero-order valence-electron chi connectivity index (χ0n) is 11.4. The molecule has 1 unspecified atom stereocenters. The maximum absolute atomic E-state index is 12.5. The number of aromatic nitrogens is 2. The van der Waals surface area contributed by atoms with Crippen molar-refractivity contribution >= 4 is 22.9 Å². The number of hydrogen-bond donors (Lipinski definition) is 1. The fourth-order valence-electron chi connectivity index (χ4n) is 2.65. The number of fused-ring (bicyclic) bond motifs is 1. The average molecular weight is 285 g/mol. The minimum atomic E-state index is -0.957. The molecule has 21 heavy (non-hydrogen) atoms. The predicted molar refractivity (Wildman–Crippen MR) is 75.8 cm³/mol. The average Bonchev–Trinajstić information content (AvgIpc) is 2.53. The molecule has 3 heterocycles. The molecule has 0 radical (unpaired) electrons. The Labute approximate surface area is 121 Å². The highest BCUT2D eigenvalue weighted by molar-refractivity contribution is 5.96. The third kappa shape index (κ3) is 2.56. The Morgan fingerprint density at radius 2 is 2.10 bits per heavy atom. The van der Waals surface area contributed by atoms with E-state index < -0.39 is 12.0 Å². The Balaban J connectivity index is 1.93. The van der Waals surface area contributed by atoms with Gasteiger partial charge in [-0.1, -0.05) is 0 Å². The lowest BCUT2D eigenvalue weighted by Gasteiger charge is -2.32. The molecule has 3 rings (SSSR count). The van der Waals surface area contributed by atoms with Gasteiger partial charge in [0.05, 0.1) is 0 Å². The zero-order chi connectivity index (χ0) is 14.8. The van der Waals surface area contributed by atoms with Crippen LogP contribution in [-0.2, 0) is 4.79 Å². The zero-order valence-corrected chi connectivity index (χ0v) is 11.4. The van der Waals surface area contributed by atoms with E-state index in [1.165, 1.54) is 4.90 Å². The maximum atomic E-state index is 12.5. The van der Waals surface area contributed by atoms with Gasteiger partial charge in [0.1, 0.15) is 11.7 Å². The van der Waals surface area contributed by atoms with Crippen molar-refractivity contribution in [1.82, 2.24) is 14.9 Å². The lowest BCUT2D eigenvalue weighted by Crippen LogP contribution is -2.48. The molecule has 108 valence electrons. The molecule has 2 aromatic heterocycles. The van der Waals surface area contributed by atoms with Crippen LogP contribution in [-0.4, -0.2) is 44.4 Å². The number of carbonyl (C=O) groups is 2. The molecule has 2 aromatic rings. The first-order chi connectivity index (χ1) is 10.2. The molecule has 0 bridgehead atoms. The van der Waals surface area contributed by atoms with Gasteiger partial charge in [0.25, 0.3) is 5.91 Å². The minimum absolute atomic E-state index is 0.245. The van der Waals surface area contributed by atoms with Crippen LogP contribution in [0.1, 0.15) is 29.8 Å². The van der Waals surface area contributed by atoms with E-state index in [0.29, 0.717) is 18.6 Å². The predicted octanol–water partition coefficient (Wildman–Crippen LogP) is 1.71. The van der Waals surface area contributed by atoms with Gasteiger partial charge in [-0.25, -0.2) is 14.8 Å². The standard InChI is InChI=1S/C15H15N3O3/c19-14(18-9-2-1-5-12(18)15(20)21)11-7-6-10-4-3-8-16-13(10)17-11/h3-4,6-8,12H,1-2,5,9H2,(H,20,21). The van der Waals surface area contributed by atoms with Gasteiger partial charge in [-0.2, -0.15) is 0 Å². The van der Waals surface area contributed by atoms with Crippen molar-refractivity contribution in [2.75, 3.05) is 6.54 Å². The van der Waals surface area contributed by atoms with E-state index in [0.717, 1.165) is 18.2 Å². The highest BCUT2D eigenvalue weighted by Gasteiger charge is 2.33. The van der Waals surface area contributed by atoms with E-state index >= 15 is 0 Å². The van der Waals surface area contributed by atoms with Gasteiger partial charge >= 0.3 is 5.97 Å². The van der Waals surface area contributed by atoms with Crippen molar-refractivity contribution in [3.63, 3.8) is 0 Å². The lowest BCUT2D eigenvalue weighted by atomic mass is 10.0. The fraction of sp³-hybridized carbons (Fsp3) is 0.333. The quantitative estimate of drug-likeness (QED) is 0.908. The molecule has 0 saturated carbocycles. The number of nitrogens with zero attached hydrogens (tertiary/aromatic N) is 3. The largest absolute Gasteiger partial charge is 0.480 e. The molecule has 1 amide bonds. The Morgan fingerprint density at radius 3 is 2.90 bits per heavy atom. The molecule has 1 aliphatic heterocycles.